The average molecular weight is 250 g/mol. The van der Waals surface area contributed by atoms with Crippen LogP contribution < -0.4 is 15.0 Å². The van der Waals surface area contributed by atoms with Gasteiger partial charge in [-0.3, -0.25) is 4.79 Å². The molecule has 0 radical (unpaired) electrons. The number of benzene rings is 1. The van der Waals surface area contributed by atoms with Crippen LogP contribution in [0, 0.1) is 0 Å². The van der Waals surface area contributed by atoms with Gasteiger partial charge in [0.15, 0.2) is 0 Å². The number of hydrogen-bond acceptors (Lipinski definition) is 3. The molecule has 0 aromatic heterocycles. The molecule has 100 valence electrons. The van der Waals surface area contributed by atoms with Gasteiger partial charge < -0.3 is 15.0 Å². The van der Waals surface area contributed by atoms with Gasteiger partial charge in [0, 0.05) is 12.7 Å². The van der Waals surface area contributed by atoms with E-state index in [-0.39, 0.29) is 5.91 Å². The van der Waals surface area contributed by atoms with E-state index in [2.05, 4.69) is 5.32 Å². The summed E-state index contributed by atoms with van der Waals surface area (Å²) in [6, 6.07) is 7.51. The van der Waals surface area contributed by atoms with Crippen molar-refractivity contribution in [2.24, 2.45) is 0 Å². The summed E-state index contributed by atoms with van der Waals surface area (Å²) in [6.07, 6.45) is 0. The number of ether oxygens (including phenoxy) is 1. The zero-order valence-electron chi connectivity index (χ0n) is 11.8. The zero-order chi connectivity index (χ0) is 13.8. The molecule has 1 aromatic rings. The second-order valence-electron chi connectivity index (χ2n) is 4.67. The first kappa shape index (κ1) is 14.5. The highest BCUT2D eigenvalue weighted by Crippen LogP contribution is 2.20. The van der Waals surface area contributed by atoms with E-state index >= 15 is 0 Å². The van der Waals surface area contributed by atoms with Crippen LogP contribution in [-0.4, -0.2) is 32.1 Å². The minimum Gasteiger partial charge on any atom is -0.494 e. The van der Waals surface area contributed by atoms with Crippen molar-refractivity contribution in [3.05, 3.63) is 24.3 Å². The number of amides is 1. The lowest BCUT2D eigenvalue weighted by molar-refractivity contribution is -0.123. The monoisotopic (exact) mass is 250 g/mol. The second kappa shape index (κ2) is 5.87. The number of hydrogen-bond donors (Lipinski definition) is 1. The number of anilines is 1. The van der Waals surface area contributed by atoms with Crippen LogP contribution in [0.25, 0.3) is 0 Å². The summed E-state index contributed by atoms with van der Waals surface area (Å²) in [4.78, 5) is 13.9. The van der Waals surface area contributed by atoms with Crippen molar-refractivity contribution in [1.82, 2.24) is 5.32 Å². The summed E-state index contributed by atoms with van der Waals surface area (Å²) in [6.45, 7) is 6.31. The van der Waals surface area contributed by atoms with Crippen molar-refractivity contribution in [3.8, 4) is 5.75 Å². The lowest BCUT2D eigenvalue weighted by Gasteiger charge is -2.29. The van der Waals surface area contributed by atoms with Crippen LogP contribution in [0.15, 0.2) is 24.3 Å². The molecule has 4 nitrogen and oxygen atoms in total. The van der Waals surface area contributed by atoms with Gasteiger partial charge in [0.25, 0.3) is 0 Å². The van der Waals surface area contributed by atoms with Crippen LogP contribution in [-0.2, 0) is 4.79 Å². The Morgan fingerprint density at radius 2 is 1.89 bits per heavy atom. The molecule has 0 fully saturated rings. The van der Waals surface area contributed by atoms with Crippen molar-refractivity contribution in [3.63, 3.8) is 0 Å². The number of nitrogens with one attached hydrogen (secondary N) is 1. The summed E-state index contributed by atoms with van der Waals surface area (Å²) in [7, 11) is 3.56. The number of rotatable bonds is 5. The summed E-state index contributed by atoms with van der Waals surface area (Å²) >= 11 is 0. The minimum absolute atomic E-state index is 0.0224. The molecule has 0 spiro atoms. The molecule has 4 heteroatoms. The molecule has 0 heterocycles. The Morgan fingerprint density at radius 1 is 1.33 bits per heavy atom. The zero-order valence-corrected chi connectivity index (χ0v) is 11.8. The molecule has 0 bridgehead atoms. The standard InChI is InChI=1S/C14H22N2O2/c1-6-18-12-9-7-11(8-10-12)16(5)13(17)14(2,3)15-4/h7-10,15H,6H2,1-5H3. The molecule has 1 rings (SSSR count). The molecular weight excluding hydrogens is 228 g/mol. The van der Waals surface area contributed by atoms with E-state index in [1.807, 2.05) is 45.0 Å². The first-order valence-corrected chi connectivity index (χ1v) is 6.12. The van der Waals surface area contributed by atoms with Crippen LogP contribution in [0.3, 0.4) is 0 Å². The summed E-state index contributed by atoms with van der Waals surface area (Å²) in [5, 5.41) is 3.01. The maximum Gasteiger partial charge on any atom is 0.246 e. The smallest absolute Gasteiger partial charge is 0.246 e. The SMILES string of the molecule is CCOc1ccc(N(C)C(=O)C(C)(C)NC)cc1. The second-order valence-corrected chi connectivity index (χ2v) is 4.67. The lowest BCUT2D eigenvalue weighted by atomic mass is 10.0. The Labute approximate surface area is 109 Å². The third-order valence-electron chi connectivity index (χ3n) is 3.00. The largest absolute Gasteiger partial charge is 0.494 e. The Kier molecular flexibility index (Phi) is 4.73. The Bertz CT molecular complexity index is 399. The molecule has 1 N–H and O–H groups in total. The van der Waals surface area contributed by atoms with Gasteiger partial charge >= 0.3 is 0 Å². The van der Waals surface area contributed by atoms with Crippen molar-refractivity contribution < 1.29 is 9.53 Å². The highest BCUT2D eigenvalue weighted by molar-refractivity contribution is 5.99. The Balaban J connectivity index is 2.84. The van der Waals surface area contributed by atoms with Gasteiger partial charge in [0.2, 0.25) is 5.91 Å². The van der Waals surface area contributed by atoms with Crippen molar-refractivity contribution in [2.75, 3.05) is 25.6 Å². The van der Waals surface area contributed by atoms with Gasteiger partial charge in [-0.25, -0.2) is 0 Å². The average Bonchev–Trinajstić information content (AvgIpc) is 2.38. The number of carbonyl (C=O) groups excluding carboxylic acids is 1. The van der Waals surface area contributed by atoms with E-state index in [0.717, 1.165) is 11.4 Å². The molecule has 18 heavy (non-hydrogen) atoms. The van der Waals surface area contributed by atoms with Gasteiger partial charge in [0.05, 0.1) is 12.1 Å². The van der Waals surface area contributed by atoms with Crippen molar-refractivity contribution >= 4 is 11.6 Å². The van der Waals surface area contributed by atoms with E-state index in [9.17, 15) is 4.79 Å². The van der Waals surface area contributed by atoms with E-state index in [1.54, 1.807) is 19.0 Å². The van der Waals surface area contributed by atoms with Crippen molar-refractivity contribution in [1.29, 1.82) is 0 Å². The summed E-state index contributed by atoms with van der Waals surface area (Å²) < 4.78 is 5.37. The van der Waals surface area contributed by atoms with Crippen LogP contribution in [0.1, 0.15) is 20.8 Å². The van der Waals surface area contributed by atoms with E-state index < -0.39 is 5.54 Å². The van der Waals surface area contributed by atoms with Crippen LogP contribution in [0.5, 0.6) is 5.75 Å². The molecule has 0 aliphatic heterocycles. The first-order chi connectivity index (χ1) is 8.42. The van der Waals surface area contributed by atoms with Gasteiger partial charge in [-0.2, -0.15) is 0 Å². The maximum atomic E-state index is 12.2. The molecule has 1 aromatic carbocycles. The normalized spacial score (nSPS) is 11.2. The third-order valence-corrected chi connectivity index (χ3v) is 3.00. The summed E-state index contributed by atoms with van der Waals surface area (Å²) in [5.74, 6) is 0.837. The molecule has 0 aliphatic carbocycles. The van der Waals surface area contributed by atoms with Gasteiger partial charge in [-0.15, -0.1) is 0 Å². The third kappa shape index (κ3) is 3.23. The highest BCUT2D eigenvalue weighted by Gasteiger charge is 2.29. The van der Waals surface area contributed by atoms with E-state index in [4.69, 9.17) is 4.74 Å². The van der Waals surface area contributed by atoms with E-state index in [1.165, 1.54) is 0 Å². The minimum atomic E-state index is -0.576. The van der Waals surface area contributed by atoms with Crippen LogP contribution in [0.2, 0.25) is 0 Å². The first-order valence-electron chi connectivity index (χ1n) is 6.12. The van der Waals surface area contributed by atoms with Gasteiger partial charge in [-0.05, 0) is 52.1 Å². The van der Waals surface area contributed by atoms with Crippen LogP contribution in [0.4, 0.5) is 5.69 Å². The van der Waals surface area contributed by atoms with Crippen molar-refractivity contribution in [2.45, 2.75) is 26.3 Å². The molecule has 0 saturated carbocycles. The predicted molar refractivity (Wildman–Crippen MR) is 74.2 cm³/mol. The highest BCUT2D eigenvalue weighted by atomic mass is 16.5. The van der Waals surface area contributed by atoms with Crippen LogP contribution >= 0.6 is 0 Å². The lowest BCUT2D eigenvalue weighted by Crippen LogP contribution is -2.51. The quantitative estimate of drug-likeness (QED) is 0.869. The van der Waals surface area contributed by atoms with Gasteiger partial charge in [0.1, 0.15) is 5.75 Å². The molecule has 0 atom stereocenters. The fourth-order valence-corrected chi connectivity index (χ4v) is 1.58. The molecule has 0 aliphatic rings. The molecule has 0 saturated heterocycles. The molecule has 0 unspecified atom stereocenters. The maximum absolute atomic E-state index is 12.2. The molecule has 1 amide bonds. The number of nitrogens with zero attached hydrogens (tertiary/aromatic N) is 1. The number of likely N-dealkylation sites (N-methyl/N-ethyl adjacent to an activating group) is 2. The summed E-state index contributed by atoms with van der Waals surface area (Å²) in [5.41, 5.74) is 0.277. The fourth-order valence-electron chi connectivity index (χ4n) is 1.58. The Hall–Kier alpha value is -1.55. The predicted octanol–water partition coefficient (Wildman–Crippen LogP) is 2.05. The fraction of sp³-hybridized carbons (Fsp3) is 0.500. The molecular formula is C14H22N2O2. The number of carbonyl (C=O) groups is 1. The topological polar surface area (TPSA) is 41.6 Å². The van der Waals surface area contributed by atoms with Gasteiger partial charge in [-0.1, -0.05) is 0 Å². The van der Waals surface area contributed by atoms with E-state index in [0.29, 0.717) is 6.61 Å². The Morgan fingerprint density at radius 3 is 2.33 bits per heavy atom.